The number of carboxylic acids is 1. The maximum absolute atomic E-state index is 13.7. The number of imidazole rings is 1. The van der Waals surface area contributed by atoms with Gasteiger partial charge < -0.3 is 28.8 Å². The molecule has 1 amide bonds. The van der Waals surface area contributed by atoms with E-state index < -0.39 is 17.6 Å². The van der Waals surface area contributed by atoms with Gasteiger partial charge in [0, 0.05) is 58.0 Å². The van der Waals surface area contributed by atoms with Crippen LogP contribution in [-0.2, 0) is 20.9 Å². The van der Waals surface area contributed by atoms with Crippen LogP contribution in [0.2, 0.25) is 0 Å². The highest BCUT2D eigenvalue weighted by Crippen LogP contribution is 2.50. The predicted octanol–water partition coefficient (Wildman–Crippen LogP) is 3.29. The predicted molar refractivity (Wildman–Crippen MR) is 132 cm³/mol. The lowest BCUT2D eigenvalue weighted by Crippen LogP contribution is -2.40. The standard InChI is InChI=1S/C24H32N4O4.C2HF3O2/c1-17(2)28-13-20(25-15-28)19-12-26(11-18-4-5-21-22(10-18)32-16-31-21)14-24(19)6-7-27(23(24)29)8-9-30-3;3-2(4,5)1(6)7/h4-5,10,13,15,17,19H,6-9,11-12,14,16H2,1-3H3;(H,6,7). The molecule has 5 rings (SSSR count). The monoisotopic (exact) mass is 554 g/mol. The number of carboxylic acid groups (broad SMARTS) is 1. The fraction of sp³-hybridized carbons (Fsp3) is 0.577. The number of alkyl halides is 3. The van der Waals surface area contributed by atoms with Crippen molar-refractivity contribution in [3.05, 3.63) is 42.0 Å². The Morgan fingerprint density at radius 2 is 2.00 bits per heavy atom. The van der Waals surface area contributed by atoms with Crippen molar-refractivity contribution < 1.29 is 42.1 Å². The molecule has 3 aliphatic rings. The average molecular weight is 555 g/mol. The SMILES string of the molecule is COCCN1CCC2(CN(Cc3ccc4c(c3)OCO4)CC2c2cn(C(C)C)cn2)C1=O.O=C(O)C(F)(F)F. The zero-order valence-corrected chi connectivity index (χ0v) is 22.1. The first-order valence-electron chi connectivity index (χ1n) is 12.7. The Bertz CT molecular complexity index is 1190. The van der Waals surface area contributed by atoms with Gasteiger partial charge in [-0.2, -0.15) is 13.2 Å². The van der Waals surface area contributed by atoms with Crippen LogP contribution in [0.3, 0.4) is 0 Å². The summed E-state index contributed by atoms with van der Waals surface area (Å²) in [5.41, 5.74) is 1.76. The van der Waals surface area contributed by atoms with Crippen LogP contribution in [0.1, 0.15) is 43.5 Å². The van der Waals surface area contributed by atoms with Crippen molar-refractivity contribution in [2.75, 3.05) is 46.7 Å². The number of ether oxygens (including phenoxy) is 3. The molecule has 1 aromatic carbocycles. The number of benzene rings is 1. The van der Waals surface area contributed by atoms with Gasteiger partial charge in [0.15, 0.2) is 11.5 Å². The minimum atomic E-state index is -5.08. The molecule has 2 fully saturated rings. The Kier molecular flexibility index (Phi) is 8.40. The van der Waals surface area contributed by atoms with E-state index >= 15 is 0 Å². The van der Waals surface area contributed by atoms with Crippen molar-refractivity contribution in [2.45, 2.75) is 44.9 Å². The number of amides is 1. The van der Waals surface area contributed by atoms with Crippen LogP contribution in [0.5, 0.6) is 11.5 Å². The summed E-state index contributed by atoms with van der Waals surface area (Å²) < 4.78 is 50.1. The van der Waals surface area contributed by atoms with Crippen LogP contribution in [-0.4, -0.2) is 89.2 Å². The summed E-state index contributed by atoms with van der Waals surface area (Å²) in [5, 5.41) is 7.12. The lowest BCUT2D eigenvalue weighted by molar-refractivity contribution is -0.192. The smallest absolute Gasteiger partial charge is 0.475 e. The second-order valence-corrected chi connectivity index (χ2v) is 10.2. The third kappa shape index (κ3) is 6.14. The largest absolute Gasteiger partial charge is 0.490 e. The molecule has 1 aromatic heterocycles. The van der Waals surface area contributed by atoms with Crippen molar-refractivity contribution in [3.63, 3.8) is 0 Å². The Hall–Kier alpha value is -3.32. The molecular formula is C26H33F3N4O6. The molecule has 2 atom stereocenters. The van der Waals surface area contributed by atoms with Gasteiger partial charge in [-0.3, -0.25) is 9.69 Å². The Morgan fingerprint density at radius 1 is 1.28 bits per heavy atom. The number of halogens is 3. The Balaban J connectivity index is 0.000000448. The average Bonchev–Trinajstić information content (AvgIpc) is 3.66. The molecule has 13 heteroatoms. The lowest BCUT2D eigenvalue weighted by Gasteiger charge is -2.28. The zero-order valence-electron chi connectivity index (χ0n) is 22.1. The van der Waals surface area contributed by atoms with Gasteiger partial charge in [-0.1, -0.05) is 6.07 Å². The van der Waals surface area contributed by atoms with Gasteiger partial charge in [0.05, 0.1) is 24.0 Å². The number of carbonyl (C=O) groups excluding carboxylic acids is 1. The van der Waals surface area contributed by atoms with Gasteiger partial charge in [0.1, 0.15) is 0 Å². The van der Waals surface area contributed by atoms with Gasteiger partial charge in [-0.25, -0.2) is 9.78 Å². The fourth-order valence-electron chi connectivity index (χ4n) is 5.36. The topological polar surface area (TPSA) is 106 Å². The highest BCUT2D eigenvalue weighted by molar-refractivity contribution is 5.86. The third-order valence-electron chi connectivity index (χ3n) is 7.38. The number of hydrogen-bond donors (Lipinski definition) is 1. The van der Waals surface area contributed by atoms with Crippen LogP contribution >= 0.6 is 0 Å². The molecule has 0 aliphatic carbocycles. The minimum Gasteiger partial charge on any atom is -0.475 e. The Morgan fingerprint density at radius 3 is 2.64 bits per heavy atom. The summed E-state index contributed by atoms with van der Waals surface area (Å²) in [5.74, 6) is -0.842. The van der Waals surface area contributed by atoms with E-state index in [4.69, 9.17) is 29.1 Å². The van der Waals surface area contributed by atoms with Gasteiger partial charge in [0.25, 0.3) is 0 Å². The van der Waals surface area contributed by atoms with E-state index in [1.165, 1.54) is 5.56 Å². The fourth-order valence-corrected chi connectivity index (χ4v) is 5.36. The van der Waals surface area contributed by atoms with E-state index in [0.717, 1.165) is 49.8 Å². The normalized spacial score (nSPS) is 22.6. The number of likely N-dealkylation sites (tertiary alicyclic amines) is 2. The van der Waals surface area contributed by atoms with Crippen LogP contribution in [0.25, 0.3) is 0 Å². The molecule has 2 aromatic rings. The molecule has 0 bridgehead atoms. The van der Waals surface area contributed by atoms with E-state index in [-0.39, 0.29) is 18.6 Å². The van der Waals surface area contributed by atoms with E-state index in [2.05, 4.69) is 41.6 Å². The van der Waals surface area contributed by atoms with Crippen molar-refractivity contribution in [2.24, 2.45) is 5.41 Å². The van der Waals surface area contributed by atoms with E-state index in [0.29, 0.717) is 19.2 Å². The van der Waals surface area contributed by atoms with Crippen molar-refractivity contribution >= 4 is 11.9 Å². The highest BCUT2D eigenvalue weighted by Gasteiger charge is 2.57. The maximum atomic E-state index is 13.7. The van der Waals surface area contributed by atoms with Crippen molar-refractivity contribution in [1.29, 1.82) is 0 Å². The van der Waals surface area contributed by atoms with Crippen molar-refractivity contribution in [1.82, 2.24) is 19.4 Å². The van der Waals surface area contributed by atoms with Gasteiger partial charge in [-0.05, 0) is 38.0 Å². The lowest BCUT2D eigenvalue weighted by atomic mass is 9.75. The van der Waals surface area contributed by atoms with Gasteiger partial charge >= 0.3 is 12.1 Å². The molecule has 0 saturated carbocycles. The second-order valence-electron chi connectivity index (χ2n) is 10.2. The summed E-state index contributed by atoms with van der Waals surface area (Å²) >= 11 is 0. The number of hydrogen-bond acceptors (Lipinski definition) is 7. The molecular weight excluding hydrogens is 521 g/mol. The van der Waals surface area contributed by atoms with Crippen molar-refractivity contribution in [3.8, 4) is 11.5 Å². The zero-order chi connectivity index (χ0) is 28.4. The van der Waals surface area contributed by atoms with Crippen LogP contribution in [0.15, 0.2) is 30.7 Å². The first-order valence-corrected chi connectivity index (χ1v) is 12.7. The Labute approximate surface area is 224 Å². The molecule has 39 heavy (non-hydrogen) atoms. The highest BCUT2D eigenvalue weighted by atomic mass is 19.4. The van der Waals surface area contributed by atoms with Crippen LogP contribution < -0.4 is 9.47 Å². The van der Waals surface area contributed by atoms with E-state index in [1.54, 1.807) is 7.11 Å². The summed E-state index contributed by atoms with van der Waals surface area (Å²) in [6, 6.07) is 6.45. The molecule has 3 aliphatic heterocycles. The minimum absolute atomic E-state index is 0.0801. The summed E-state index contributed by atoms with van der Waals surface area (Å²) in [7, 11) is 1.68. The van der Waals surface area contributed by atoms with Gasteiger partial charge in [0.2, 0.25) is 12.7 Å². The number of nitrogens with zero attached hydrogens (tertiary/aromatic N) is 4. The summed E-state index contributed by atoms with van der Waals surface area (Å²) in [4.78, 5) is 31.7. The molecule has 214 valence electrons. The maximum Gasteiger partial charge on any atom is 0.490 e. The molecule has 10 nitrogen and oxygen atoms in total. The molecule has 2 saturated heterocycles. The quantitative estimate of drug-likeness (QED) is 0.556. The number of carbonyl (C=O) groups is 2. The number of methoxy groups -OCH3 is 1. The first-order chi connectivity index (χ1) is 18.4. The summed E-state index contributed by atoms with van der Waals surface area (Å²) in [6.07, 6.45) is -0.199. The van der Waals surface area contributed by atoms with E-state index in [1.807, 2.05) is 17.3 Å². The summed E-state index contributed by atoms with van der Waals surface area (Å²) in [6.45, 7) is 8.88. The molecule has 1 N–H and O–H groups in total. The molecule has 2 unspecified atom stereocenters. The first kappa shape index (κ1) is 28.7. The molecule has 4 heterocycles. The molecule has 0 radical (unpaired) electrons. The number of fused-ring (bicyclic) bond motifs is 1. The van der Waals surface area contributed by atoms with Crippen LogP contribution in [0.4, 0.5) is 13.2 Å². The number of rotatable bonds is 7. The van der Waals surface area contributed by atoms with Crippen LogP contribution in [0, 0.1) is 5.41 Å². The number of aliphatic carboxylic acids is 1. The third-order valence-corrected chi connectivity index (χ3v) is 7.38. The number of aromatic nitrogens is 2. The molecule has 1 spiro atoms. The van der Waals surface area contributed by atoms with E-state index in [9.17, 15) is 18.0 Å². The second kappa shape index (κ2) is 11.4. The van der Waals surface area contributed by atoms with Gasteiger partial charge in [-0.15, -0.1) is 0 Å².